The van der Waals surface area contributed by atoms with Crippen molar-refractivity contribution in [3.05, 3.63) is 95.8 Å². The van der Waals surface area contributed by atoms with E-state index in [4.69, 9.17) is 4.74 Å². The number of amides is 1. The van der Waals surface area contributed by atoms with Gasteiger partial charge in [-0.15, -0.1) is 0 Å². The molecule has 3 aromatic carbocycles. The SMILES string of the molecule is COc1ccc(-n2c(C)ccc2/C=N/NC(=O)Cc2cccc3ccccc23)cc1. The summed E-state index contributed by atoms with van der Waals surface area (Å²) in [6.45, 7) is 2.03. The lowest BCUT2D eigenvalue weighted by atomic mass is 10.0. The summed E-state index contributed by atoms with van der Waals surface area (Å²) in [7, 11) is 1.65. The van der Waals surface area contributed by atoms with E-state index in [9.17, 15) is 4.79 Å². The molecule has 30 heavy (non-hydrogen) atoms. The van der Waals surface area contributed by atoms with Crippen LogP contribution in [0.3, 0.4) is 0 Å². The van der Waals surface area contributed by atoms with Crippen LogP contribution in [-0.2, 0) is 11.2 Å². The third-order valence-corrected chi connectivity index (χ3v) is 5.05. The second-order valence-electron chi connectivity index (χ2n) is 7.04. The highest BCUT2D eigenvalue weighted by Crippen LogP contribution is 2.20. The first kappa shape index (κ1) is 19.5. The molecule has 0 bridgehead atoms. The van der Waals surface area contributed by atoms with Gasteiger partial charge in [-0.2, -0.15) is 5.10 Å². The third-order valence-electron chi connectivity index (χ3n) is 5.05. The minimum atomic E-state index is -0.151. The molecule has 0 aliphatic heterocycles. The summed E-state index contributed by atoms with van der Waals surface area (Å²) in [5, 5.41) is 6.39. The van der Waals surface area contributed by atoms with Crippen LogP contribution < -0.4 is 10.2 Å². The van der Waals surface area contributed by atoms with E-state index in [0.29, 0.717) is 0 Å². The zero-order valence-electron chi connectivity index (χ0n) is 17.0. The van der Waals surface area contributed by atoms with Gasteiger partial charge in [0.25, 0.3) is 0 Å². The second-order valence-corrected chi connectivity index (χ2v) is 7.04. The number of aryl methyl sites for hydroxylation is 1. The molecule has 0 atom stereocenters. The van der Waals surface area contributed by atoms with Crippen LogP contribution in [0, 0.1) is 6.92 Å². The number of hydrogen-bond donors (Lipinski definition) is 1. The Hall–Kier alpha value is -3.86. The van der Waals surface area contributed by atoms with E-state index in [2.05, 4.69) is 15.1 Å². The average molecular weight is 397 g/mol. The first-order valence-electron chi connectivity index (χ1n) is 9.77. The maximum atomic E-state index is 12.4. The number of carbonyl (C=O) groups is 1. The molecular formula is C25H23N3O2. The summed E-state index contributed by atoms with van der Waals surface area (Å²) in [6, 6.07) is 25.9. The van der Waals surface area contributed by atoms with Gasteiger partial charge < -0.3 is 9.30 Å². The van der Waals surface area contributed by atoms with Crippen molar-refractivity contribution in [2.24, 2.45) is 5.10 Å². The molecule has 5 heteroatoms. The summed E-state index contributed by atoms with van der Waals surface area (Å²) in [5.74, 6) is 0.654. The van der Waals surface area contributed by atoms with Crippen molar-refractivity contribution in [3.8, 4) is 11.4 Å². The largest absolute Gasteiger partial charge is 0.497 e. The summed E-state index contributed by atoms with van der Waals surface area (Å²) < 4.78 is 7.30. The van der Waals surface area contributed by atoms with E-state index in [1.165, 1.54) is 0 Å². The Bertz CT molecular complexity index is 1200. The number of rotatable bonds is 6. The van der Waals surface area contributed by atoms with Crippen LogP contribution in [-0.4, -0.2) is 23.8 Å². The molecule has 0 radical (unpaired) electrons. The molecule has 0 spiro atoms. The molecule has 1 N–H and O–H groups in total. The van der Waals surface area contributed by atoms with Crippen LogP contribution in [0.5, 0.6) is 5.75 Å². The number of fused-ring (bicyclic) bond motifs is 1. The molecule has 1 aromatic heterocycles. The first-order valence-corrected chi connectivity index (χ1v) is 9.77. The summed E-state index contributed by atoms with van der Waals surface area (Å²) >= 11 is 0. The number of nitrogens with zero attached hydrogens (tertiary/aromatic N) is 2. The fourth-order valence-electron chi connectivity index (χ4n) is 3.57. The minimum Gasteiger partial charge on any atom is -0.497 e. The van der Waals surface area contributed by atoms with Gasteiger partial charge in [-0.05, 0) is 59.7 Å². The maximum Gasteiger partial charge on any atom is 0.244 e. The van der Waals surface area contributed by atoms with Gasteiger partial charge in [0.15, 0.2) is 0 Å². The first-order chi connectivity index (χ1) is 14.7. The Morgan fingerprint density at radius 1 is 1.00 bits per heavy atom. The van der Waals surface area contributed by atoms with Crippen molar-refractivity contribution in [1.82, 2.24) is 9.99 Å². The number of carbonyl (C=O) groups excluding carboxylic acids is 1. The summed E-state index contributed by atoms with van der Waals surface area (Å²) in [4.78, 5) is 12.4. The molecule has 0 unspecified atom stereocenters. The number of ether oxygens (including phenoxy) is 1. The highest BCUT2D eigenvalue weighted by atomic mass is 16.5. The number of hydrazone groups is 1. The molecule has 4 aromatic rings. The molecule has 0 fully saturated rings. The molecule has 0 saturated heterocycles. The minimum absolute atomic E-state index is 0.151. The molecule has 5 nitrogen and oxygen atoms in total. The number of hydrogen-bond acceptors (Lipinski definition) is 3. The molecule has 4 rings (SSSR count). The van der Waals surface area contributed by atoms with Crippen molar-refractivity contribution in [2.45, 2.75) is 13.3 Å². The zero-order valence-corrected chi connectivity index (χ0v) is 17.0. The number of aromatic nitrogens is 1. The van der Waals surface area contributed by atoms with Crippen molar-refractivity contribution >= 4 is 22.9 Å². The van der Waals surface area contributed by atoms with Gasteiger partial charge in [0.2, 0.25) is 5.91 Å². The third kappa shape index (κ3) is 4.10. The maximum absolute atomic E-state index is 12.4. The van der Waals surface area contributed by atoms with Crippen molar-refractivity contribution < 1.29 is 9.53 Å². The predicted octanol–water partition coefficient (Wildman–Crippen LogP) is 4.64. The Morgan fingerprint density at radius 2 is 1.77 bits per heavy atom. The second kappa shape index (κ2) is 8.66. The number of methoxy groups -OCH3 is 1. The van der Waals surface area contributed by atoms with Gasteiger partial charge in [-0.3, -0.25) is 4.79 Å². The van der Waals surface area contributed by atoms with Crippen molar-refractivity contribution in [1.29, 1.82) is 0 Å². The van der Waals surface area contributed by atoms with E-state index in [1.54, 1.807) is 13.3 Å². The van der Waals surface area contributed by atoms with E-state index in [1.807, 2.05) is 85.8 Å². The highest BCUT2D eigenvalue weighted by molar-refractivity contribution is 5.90. The Labute approximate surface area is 175 Å². The monoisotopic (exact) mass is 397 g/mol. The fraction of sp³-hybridized carbons (Fsp3) is 0.120. The van der Waals surface area contributed by atoms with Crippen molar-refractivity contribution in [3.63, 3.8) is 0 Å². The van der Waals surface area contributed by atoms with Crippen LogP contribution in [0.15, 0.2) is 84.0 Å². The summed E-state index contributed by atoms with van der Waals surface area (Å²) in [6.07, 6.45) is 1.94. The predicted molar refractivity (Wildman–Crippen MR) is 120 cm³/mol. The lowest BCUT2D eigenvalue weighted by molar-refractivity contribution is -0.120. The van der Waals surface area contributed by atoms with Gasteiger partial charge in [-0.1, -0.05) is 42.5 Å². The highest BCUT2D eigenvalue weighted by Gasteiger charge is 2.08. The molecule has 1 amide bonds. The quantitative estimate of drug-likeness (QED) is 0.381. The Morgan fingerprint density at radius 3 is 2.57 bits per heavy atom. The lowest BCUT2D eigenvalue weighted by Crippen LogP contribution is -2.20. The van der Waals surface area contributed by atoms with E-state index in [0.717, 1.165) is 39.2 Å². The van der Waals surface area contributed by atoms with Crippen LogP contribution in [0.2, 0.25) is 0 Å². The van der Waals surface area contributed by atoms with Crippen LogP contribution in [0.25, 0.3) is 16.5 Å². The summed E-state index contributed by atoms with van der Waals surface area (Å²) in [5.41, 5.74) is 6.58. The smallest absolute Gasteiger partial charge is 0.244 e. The van der Waals surface area contributed by atoms with Gasteiger partial charge in [0, 0.05) is 11.4 Å². The molecule has 1 heterocycles. The van der Waals surface area contributed by atoms with Crippen LogP contribution in [0.4, 0.5) is 0 Å². The van der Waals surface area contributed by atoms with E-state index in [-0.39, 0.29) is 12.3 Å². The Balaban J connectivity index is 1.47. The Kier molecular flexibility index (Phi) is 5.61. The molecular weight excluding hydrogens is 374 g/mol. The van der Waals surface area contributed by atoms with Crippen LogP contribution >= 0.6 is 0 Å². The van der Waals surface area contributed by atoms with Crippen molar-refractivity contribution in [2.75, 3.05) is 7.11 Å². The topological polar surface area (TPSA) is 55.6 Å². The standard InChI is InChI=1S/C25H23N3O2/c1-18-10-11-22(28(18)21-12-14-23(30-2)15-13-21)17-26-27-25(29)16-20-8-5-7-19-6-3-4-9-24(19)20/h3-15,17H,16H2,1-2H3,(H,27,29)/b26-17+. The molecule has 0 aliphatic rings. The normalized spacial score (nSPS) is 11.1. The van der Waals surface area contributed by atoms with Gasteiger partial charge in [-0.25, -0.2) is 5.43 Å². The van der Waals surface area contributed by atoms with Crippen LogP contribution in [0.1, 0.15) is 17.0 Å². The van der Waals surface area contributed by atoms with E-state index < -0.39 is 0 Å². The van der Waals surface area contributed by atoms with Gasteiger partial charge >= 0.3 is 0 Å². The van der Waals surface area contributed by atoms with Gasteiger partial charge in [0.1, 0.15) is 5.75 Å². The number of nitrogens with one attached hydrogen (secondary N) is 1. The molecule has 150 valence electrons. The fourth-order valence-corrected chi connectivity index (χ4v) is 3.57. The molecule has 0 saturated carbocycles. The zero-order chi connectivity index (χ0) is 20.9. The molecule has 0 aliphatic carbocycles. The van der Waals surface area contributed by atoms with Gasteiger partial charge in [0.05, 0.1) is 25.4 Å². The lowest BCUT2D eigenvalue weighted by Gasteiger charge is -2.10. The van der Waals surface area contributed by atoms with E-state index >= 15 is 0 Å². The number of benzene rings is 3. The average Bonchev–Trinajstić information content (AvgIpc) is 3.14.